The molecule has 0 spiro atoms. The second-order valence-corrected chi connectivity index (χ2v) is 3.58. The van der Waals surface area contributed by atoms with Crippen LogP contribution in [0.5, 0.6) is 5.75 Å². The molecule has 15 heavy (non-hydrogen) atoms. The molecule has 0 fully saturated rings. The van der Waals surface area contributed by atoms with Gasteiger partial charge in [-0.25, -0.2) is 0 Å². The summed E-state index contributed by atoms with van der Waals surface area (Å²) in [6.07, 6.45) is 0. The average Bonchev–Trinajstić information content (AvgIpc) is 2.08. The molecule has 0 N–H and O–H groups in total. The van der Waals surface area contributed by atoms with Crippen molar-refractivity contribution in [3.05, 3.63) is 32.3 Å². The van der Waals surface area contributed by atoms with Crippen LogP contribution < -0.4 is 4.74 Å². The molecule has 0 atom stereocenters. The number of ether oxygens (including phenoxy) is 1. The number of nitro benzene ring substituents is 1. The molecule has 0 aliphatic rings. The number of aryl methyl sites for hydroxylation is 1. The molecule has 0 heterocycles. The Morgan fingerprint density at radius 2 is 2.13 bits per heavy atom. The first kappa shape index (κ1) is 11.8. The van der Waals surface area contributed by atoms with E-state index in [1.165, 1.54) is 12.1 Å². The molecule has 0 saturated heterocycles. The second kappa shape index (κ2) is 4.52. The van der Waals surface area contributed by atoms with Gasteiger partial charge < -0.3 is 4.74 Å². The molecule has 0 aliphatic heterocycles. The van der Waals surface area contributed by atoms with Crippen molar-refractivity contribution < 1.29 is 18.4 Å². The van der Waals surface area contributed by atoms with Gasteiger partial charge in [-0.15, -0.1) is 0 Å². The molecule has 0 aliphatic carbocycles. The standard InChI is InChI=1S/C8H6BrF2NO3/c1-4-2-5(9)7(15-8(10)11)6(3-4)12(13)14/h2-3,8H,1H3. The van der Waals surface area contributed by atoms with E-state index in [9.17, 15) is 18.9 Å². The highest BCUT2D eigenvalue weighted by atomic mass is 79.9. The fourth-order valence-corrected chi connectivity index (χ4v) is 1.71. The van der Waals surface area contributed by atoms with E-state index in [-0.39, 0.29) is 4.47 Å². The molecule has 0 aromatic heterocycles. The van der Waals surface area contributed by atoms with Gasteiger partial charge in [-0.2, -0.15) is 8.78 Å². The van der Waals surface area contributed by atoms with Crippen molar-refractivity contribution in [3.8, 4) is 5.75 Å². The van der Waals surface area contributed by atoms with Crippen molar-refractivity contribution in [1.82, 2.24) is 0 Å². The van der Waals surface area contributed by atoms with Gasteiger partial charge in [-0.1, -0.05) is 0 Å². The normalized spacial score (nSPS) is 10.5. The Labute approximate surface area is 92.1 Å². The van der Waals surface area contributed by atoms with Gasteiger partial charge in [0, 0.05) is 6.07 Å². The van der Waals surface area contributed by atoms with E-state index >= 15 is 0 Å². The second-order valence-electron chi connectivity index (χ2n) is 2.73. The molecule has 0 saturated carbocycles. The molecule has 0 radical (unpaired) electrons. The van der Waals surface area contributed by atoms with E-state index in [0.717, 1.165) is 0 Å². The summed E-state index contributed by atoms with van der Waals surface area (Å²) in [6, 6.07) is 2.63. The number of benzene rings is 1. The first-order chi connectivity index (χ1) is 6.91. The Morgan fingerprint density at radius 3 is 2.60 bits per heavy atom. The van der Waals surface area contributed by atoms with Gasteiger partial charge in [-0.3, -0.25) is 10.1 Å². The van der Waals surface area contributed by atoms with E-state index in [1.807, 2.05) is 0 Å². The van der Waals surface area contributed by atoms with E-state index in [1.54, 1.807) is 6.92 Å². The average molecular weight is 282 g/mol. The molecule has 82 valence electrons. The Kier molecular flexibility index (Phi) is 3.57. The van der Waals surface area contributed by atoms with Gasteiger partial charge in [0.1, 0.15) is 0 Å². The number of nitro groups is 1. The highest BCUT2D eigenvalue weighted by molar-refractivity contribution is 9.10. The maximum absolute atomic E-state index is 12.0. The predicted molar refractivity (Wildman–Crippen MR) is 52.2 cm³/mol. The van der Waals surface area contributed by atoms with E-state index in [2.05, 4.69) is 20.7 Å². The quantitative estimate of drug-likeness (QED) is 0.631. The summed E-state index contributed by atoms with van der Waals surface area (Å²) in [6.45, 7) is -1.48. The minimum absolute atomic E-state index is 0.134. The number of nitrogens with zero attached hydrogens (tertiary/aromatic N) is 1. The Hall–Kier alpha value is -1.24. The van der Waals surface area contributed by atoms with Crippen molar-refractivity contribution in [2.75, 3.05) is 0 Å². The summed E-state index contributed by atoms with van der Waals surface area (Å²) in [5, 5.41) is 10.6. The molecule has 7 heteroatoms. The minimum Gasteiger partial charge on any atom is -0.426 e. The highest BCUT2D eigenvalue weighted by Gasteiger charge is 2.22. The summed E-state index contributed by atoms with van der Waals surface area (Å²) >= 11 is 2.93. The van der Waals surface area contributed by atoms with Gasteiger partial charge in [0.05, 0.1) is 9.40 Å². The van der Waals surface area contributed by atoms with Crippen molar-refractivity contribution >= 4 is 21.6 Å². The van der Waals surface area contributed by atoms with Gasteiger partial charge in [0.2, 0.25) is 5.75 Å². The smallest absolute Gasteiger partial charge is 0.387 e. The minimum atomic E-state index is -3.09. The summed E-state index contributed by atoms with van der Waals surface area (Å²) in [4.78, 5) is 9.80. The molecule has 1 aromatic rings. The molecule has 0 bridgehead atoms. The van der Waals surface area contributed by atoms with Crippen LogP contribution in [0.2, 0.25) is 0 Å². The van der Waals surface area contributed by atoms with Crippen molar-refractivity contribution in [1.29, 1.82) is 0 Å². The van der Waals surface area contributed by atoms with E-state index < -0.39 is 23.0 Å². The molecule has 4 nitrogen and oxygen atoms in total. The van der Waals surface area contributed by atoms with Gasteiger partial charge >= 0.3 is 12.3 Å². The SMILES string of the molecule is Cc1cc(Br)c(OC(F)F)c([N+](=O)[O-])c1. The van der Waals surface area contributed by atoms with Gasteiger partial charge in [0.25, 0.3) is 0 Å². The fraction of sp³-hybridized carbons (Fsp3) is 0.250. The van der Waals surface area contributed by atoms with Crippen LogP contribution >= 0.6 is 15.9 Å². The maximum Gasteiger partial charge on any atom is 0.387 e. The third-order valence-electron chi connectivity index (χ3n) is 1.57. The summed E-state index contributed by atoms with van der Waals surface area (Å²) in [5.74, 6) is -0.458. The predicted octanol–water partition coefficient (Wildman–Crippen LogP) is 3.27. The van der Waals surface area contributed by atoms with Crippen LogP contribution in [0, 0.1) is 17.0 Å². The van der Waals surface area contributed by atoms with Crippen LogP contribution in [0.1, 0.15) is 5.56 Å². The van der Waals surface area contributed by atoms with Crippen LogP contribution in [-0.4, -0.2) is 11.5 Å². The van der Waals surface area contributed by atoms with Crippen LogP contribution in [0.4, 0.5) is 14.5 Å². The zero-order valence-corrected chi connectivity index (χ0v) is 9.12. The lowest BCUT2D eigenvalue weighted by molar-refractivity contribution is -0.386. The molecular weight excluding hydrogens is 276 g/mol. The highest BCUT2D eigenvalue weighted by Crippen LogP contribution is 2.37. The zero-order valence-electron chi connectivity index (χ0n) is 7.54. The maximum atomic E-state index is 12.0. The first-order valence-corrected chi connectivity index (χ1v) is 4.60. The summed E-state index contributed by atoms with van der Waals surface area (Å²) < 4.78 is 28.2. The van der Waals surface area contributed by atoms with Crippen LogP contribution in [0.25, 0.3) is 0 Å². The molecule has 0 unspecified atom stereocenters. The van der Waals surface area contributed by atoms with Crippen molar-refractivity contribution in [2.45, 2.75) is 13.5 Å². The number of rotatable bonds is 3. The third kappa shape index (κ3) is 2.85. The molecular formula is C8H6BrF2NO3. The molecule has 1 rings (SSSR count). The zero-order chi connectivity index (χ0) is 11.6. The van der Waals surface area contributed by atoms with Crippen molar-refractivity contribution in [2.24, 2.45) is 0 Å². The van der Waals surface area contributed by atoms with Crippen LogP contribution in [0.3, 0.4) is 0 Å². The van der Waals surface area contributed by atoms with Crippen molar-refractivity contribution in [3.63, 3.8) is 0 Å². The lowest BCUT2D eigenvalue weighted by atomic mass is 10.2. The number of hydrogen-bond acceptors (Lipinski definition) is 3. The lowest BCUT2D eigenvalue weighted by Crippen LogP contribution is -2.05. The Balaban J connectivity index is 3.27. The van der Waals surface area contributed by atoms with Gasteiger partial charge in [0.15, 0.2) is 0 Å². The third-order valence-corrected chi connectivity index (χ3v) is 2.16. The Morgan fingerprint density at radius 1 is 1.53 bits per heavy atom. The fourth-order valence-electron chi connectivity index (χ4n) is 1.05. The lowest BCUT2D eigenvalue weighted by Gasteiger charge is -2.07. The van der Waals surface area contributed by atoms with Crippen LogP contribution in [0.15, 0.2) is 16.6 Å². The first-order valence-electron chi connectivity index (χ1n) is 3.81. The van der Waals surface area contributed by atoms with E-state index in [4.69, 9.17) is 0 Å². The number of halogens is 3. The summed E-state index contributed by atoms with van der Waals surface area (Å²) in [5.41, 5.74) is 0.0948. The van der Waals surface area contributed by atoms with Gasteiger partial charge in [-0.05, 0) is 34.5 Å². The van der Waals surface area contributed by atoms with Crippen LogP contribution in [-0.2, 0) is 0 Å². The number of alkyl halides is 2. The largest absolute Gasteiger partial charge is 0.426 e. The number of hydrogen-bond donors (Lipinski definition) is 0. The monoisotopic (exact) mass is 281 g/mol. The summed E-state index contributed by atoms with van der Waals surface area (Å²) in [7, 11) is 0. The molecule has 0 amide bonds. The van der Waals surface area contributed by atoms with E-state index in [0.29, 0.717) is 5.56 Å². The molecule has 1 aromatic carbocycles. The Bertz CT molecular complexity index is 398. The topological polar surface area (TPSA) is 52.4 Å².